The van der Waals surface area contributed by atoms with Crippen LogP contribution in [0.1, 0.15) is 20.3 Å². The van der Waals surface area contributed by atoms with Crippen molar-refractivity contribution >= 4 is 11.8 Å². The molecule has 2 N–H and O–H groups in total. The van der Waals surface area contributed by atoms with Gasteiger partial charge in [0.15, 0.2) is 0 Å². The van der Waals surface area contributed by atoms with Crippen LogP contribution < -0.4 is 5.73 Å². The van der Waals surface area contributed by atoms with E-state index in [1.807, 2.05) is 13.8 Å². The predicted molar refractivity (Wildman–Crippen MR) is 72.8 cm³/mol. The molecule has 3 fully saturated rings. The topological polar surface area (TPSA) is 75.9 Å². The second kappa shape index (κ2) is 4.18. The highest BCUT2D eigenvalue weighted by Gasteiger charge is 2.72. The van der Waals surface area contributed by atoms with Crippen molar-refractivity contribution < 1.29 is 14.3 Å². The molecule has 3 atom stereocenters. The number of likely N-dealkylation sites (N-methyl/N-ethyl adjacent to an activating group) is 1. The molecule has 3 rings (SSSR count). The Bertz CT molecular complexity index is 465. The van der Waals surface area contributed by atoms with Crippen LogP contribution >= 0.6 is 0 Å². The molecule has 1 aliphatic carbocycles. The van der Waals surface area contributed by atoms with Gasteiger partial charge in [-0.1, -0.05) is 13.8 Å². The third-order valence-corrected chi connectivity index (χ3v) is 5.55. The van der Waals surface area contributed by atoms with E-state index >= 15 is 0 Å². The van der Waals surface area contributed by atoms with E-state index in [9.17, 15) is 9.59 Å². The van der Waals surface area contributed by atoms with Crippen molar-refractivity contribution in [1.82, 2.24) is 9.80 Å². The van der Waals surface area contributed by atoms with E-state index in [-0.39, 0.29) is 35.8 Å². The lowest BCUT2D eigenvalue weighted by atomic mass is 9.47. The first-order valence-electron chi connectivity index (χ1n) is 7.24. The number of nitrogens with two attached hydrogens (primary N) is 1. The zero-order chi connectivity index (χ0) is 14.7. The lowest BCUT2D eigenvalue weighted by molar-refractivity contribution is -0.186. The number of hydrogen-bond donors (Lipinski definition) is 1. The van der Waals surface area contributed by atoms with Crippen LogP contribution in [0.3, 0.4) is 0 Å². The molecule has 0 bridgehead atoms. The molecule has 0 spiro atoms. The summed E-state index contributed by atoms with van der Waals surface area (Å²) in [7, 11) is 1.76. The van der Waals surface area contributed by atoms with E-state index in [4.69, 9.17) is 10.5 Å². The number of carbonyl (C=O) groups excluding carboxylic acids is 2. The number of ether oxygens (including phenoxy) is 1. The van der Waals surface area contributed by atoms with Crippen LogP contribution in [-0.2, 0) is 14.3 Å². The Labute approximate surface area is 119 Å². The lowest BCUT2D eigenvalue weighted by Gasteiger charge is -2.61. The van der Waals surface area contributed by atoms with Gasteiger partial charge in [-0.25, -0.2) is 0 Å². The Morgan fingerprint density at radius 2 is 2.10 bits per heavy atom. The minimum atomic E-state index is -0.898. The fraction of sp³-hybridized carbons (Fsp3) is 0.857. The van der Waals surface area contributed by atoms with Crippen molar-refractivity contribution in [2.75, 3.05) is 33.3 Å². The molecule has 0 aromatic carbocycles. The summed E-state index contributed by atoms with van der Waals surface area (Å²) in [5.74, 6) is -0.0278. The highest BCUT2D eigenvalue weighted by atomic mass is 16.5. The maximum atomic E-state index is 12.9. The maximum absolute atomic E-state index is 12.9. The molecule has 3 aliphatic rings. The second-order valence-electron chi connectivity index (χ2n) is 6.82. The van der Waals surface area contributed by atoms with Gasteiger partial charge in [-0.3, -0.25) is 9.59 Å². The van der Waals surface area contributed by atoms with Gasteiger partial charge in [0.1, 0.15) is 5.54 Å². The molecule has 0 radical (unpaired) electrons. The average Bonchev–Trinajstić information content (AvgIpc) is 2.88. The Hall–Kier alpha value is -1.14. The van der Waals surface area contributed by atoms with E-state index in [2.05, 4.69) is 0 Å². The SMILES string of the molecule is CN1CCN(C(=O)C2(N)C3CCOC3C2(C)C)CC1=O. The highest BCUT2D eigenvalue weighted by molar-refractivity contribution is 5.93. The van der Waals surface area contributed by atoms with Crippen LogP contribution in [0, 0.1) is 11.3 Å². The van der Waals surface area contributed by atoms with Crippen LogP contribution in [0.2, 0.25) is 0 Å². The Morgan fingerprint density at radius 3 is 2.75 bits per heavy atom. The lowest BCUT2D eigenvalue weighted by Crippen LogP contribution is -2.80. The van der Waals surface area contributed by atoms with E-state index < -0.39 is 5.54 Å². The summed E-state index contributed by atoms with van der Waals surface area (Å²) in [4.78, 5) is 28.0. The minimum Gasteiger partial charge on any atom is -0.377 e. The number of piperazine rings is 1. The molecule has 2 heterocycles. The fourth-order valence-corrected chi connectivity index (χ4v) is 4.01. The van der Waals surface area contributed by atoms with Gasteiger partial charge < -0.3 is 20.3 Å². The largest absolute Gasteiger partial charge is 0.377 e. The summed E-state index contributed by atoms with van der Waals surface area (Å²) in [5.41, 5.74) is 5.25. The maximum Gasteiger partial charge on any atom is 0.244 e. The first-order valence-corrected chi connectivity index (χ1v) is 7.24. The van der Waals surface area contributed by atoms with E-state index in [0.717, 1.165) is 6.42 Å². The third-order valence-electron chi connectivity index (χ3n) is 5.55. The normalized spacial score (nSPS) is 39.5. The summed E-state index contributed by atoms with van der Waals surface area (Å²) < 4.78 is 5.71. The molecule has 2 amide bonds. The first-order chi connectivity index (χ1) is 9.30. The average molecular weight is 281 g/mol. The monoisotopic (exact) mass is 281 g/mol. The van der Waals surface area contributed by atoms with Crippen molar-refractivity contribution in [3.8, 4) is 0 Å². The number of fused-ring (bicyclic) bond motifs is 1. The molecular weight excluding hydrogens is 258 g/mol. The van der Waals surface area contributed by atoms with Gasteiger partial charge in [0.25, 0.3) is 0 Å². The second-order valence-corrected chi connectivity index (χ2v) is 6.82. The first kappa shape index (κ1) is 13.8. The van der Waals surface area contributed by atoms with Crippen molar-refractivity contribution in [2.24, 2.45) is 17.1 Å². The molecule has 0 aromatic heterocycles. The summed E-state index contributed by atoms with van der Waals surface area (Å²) >= 11 is 0. The molecule has 6 nitrogen and oxygen atoms in total. The zero-order valence-electron chi connectivity index (χ0n) is 12.4. The summed E-state index contributed by atoms with van der Waals surface area (Å²) in [6.45, 7) is 5.94. The van der Waals surface area contributed by atoms with Crippen LogP contribution in [0.15, 0.2) is 0 Å². The highest BCUT2D eigenvalue weighted by Crippen LogP contribution is 2.58. The molecule has 0 aromatic rings. The van der Waals surface area contributed by atoms with Gasteiger partial charge in [0.05, 0.1) is 12.6 Å². The van der Waals surface area contributed by atoms with Crippen molar-refractivity contribution in [3.05, 3.63) is 0 Å². The Balaban J connectivity index is 1.81. The van der Waals surface area contributed by atoms with Crippen molar-refractivity contribution in [1.29, 1.82) is 0 Å². The number of amides is 2. The van der Waals surface area contributed by atoms with Crippen molar-refractivity contribution in [2.45, 2.75) is 31.9 Å². The molecule has 20 heavy (non-hydrogen) atoms. The molecule has 2 aliphatic heterocycles. The van der Waals surface area contributed by atoms with Gasteiger partial charge in [-0.15, -0.1) is 0 Å². The minimum absolute atomic E-state index is 0.0236. The van der Waals surface area contributed by atoms with Crippen molar-refractivity contribution in [3.63, 3.8) is 0 Å². The van der Waals surface area contributed by atoms with Crippen LogP contribution in [0.4, 0.5) is 0 Å². The standard InChI is InChI=1S/C14H23N3O3/c1-13(2)11-9(4-7-20-11)14(13,15)12(19)17-6-5-16(3)10(18)8-17/h9,11H,4-8,15H2,1-3H3. The molecule has 3 unspecified atom stereocenters. The molecule has 112 valence electrons. The zero-order valence-corrected chi connectivity index (χ0v) is 12.4. The van der Waals surface area contributed by atoms with Gasteiger partial charge in [-0.2, -0.15) is 0 Å². The van der Waals surface area contributed by atoms with E-state index in [0.29, 0.717) is 19.7 Å². The van der Waals surface area contributed by atoms with Gasteiger partial charge in [-0.05, 0) is 6.42 Å². The van der Waals surface area contributed by atoms with Crippen LogP contribution in [-0.4, -0.2) is 66.5 Å². The van der Waals surface area contributed by atoms with Gasteiger partial charge >= 0.3 is 0 Å². The third kappa shape index (κ3) is 1.52. The quantitative estimate of drug-likeness (QED) is 0.698. The molecule has 1 saturated carbocycles. The summed E-state index contributed by atoms with van der Waals surface area (Å²) in [5, 5.41) is 0. The predicted octanol–water partition coefficient (Wildman–Crippen LogP) is -0.571. The molecular formula is C14H23N3O3. The Morgan fingerprint density at radius 1 is 1.40 bits per heavy atom. The fourth-order valence-electron chi connectivity index (χ4n) is 4.01. The smallest absolute Gasteiger partial charge is 0.244 e. The summed E-state index contributed by atoms with van der Waals surface area (Å²) in [6, 6.07) is 0. The van der Waals surface area contributed by atoms with Gasteiger partial charge in [0.2, 0.25) is 11.8 Å². The molecule has 6 heteroatoms. The van der Waals surface area contributed by atoms with E-state index in [1.54, 1.807) is 16.8 Å². The summed E-state index contributed by atoms with van der Waals surface area (Å²) in [6.07, 6.45) is 0.900. The number of rotatable bonds is 1. The number of nitrogens with zero attached hydrogens (tertiary/aromatic N) is 2. The number of hydrogen-bond acceptors (Lipinski definition) is 4. The van der Waals surface area contributed by atoms with E-state index in [1.165, 1.54) is 0 Å². The van der Waals surface area contributed by atoms with Crippen LogP contribution in [0.25, 0.3) is 0 Å². The van der Waals surface area contributed by atoms with Crippen LogP contribution in [0.5, 0.6) is 0 Å². The molecule has 2 saturated heterocycles. The van der Waals surface area contributed by atoms with Gasteiger partial charge in [0, 0.05) is 38.1 Å². The Kier molecular flexibility index (Phi) is 2.89. The number of carbonyl (C=O) groups is 2.